The van der Waals surface area contributed by atoms with Crippen molar-refractivity contribution in [3.8, 4) is 0 Å². The van der Waals surface area contributed by atoms with E-state index in [4.69, 9.17) is 5.11 Å². The van der Waals surface area contributed by atoms with E-state index in [0.717, 1.165) is 19.4 Å². The summed E-state index contributed by atoms with van der Waals surface area (Å²) in [7, 11) is 0. The van der Waals surface area contributed by atoms with Crippen molar-refractivity contribution in [3.63, 3.8) is 0 Å². The lowest BCUT2D eigenvalue weighted by Crippen LogP contribution is -2.36. The second kappa shape index (κ2) is 3.89. The van der Waals surface area contributed by atoms with Crippen molar-refractivity contribution in [3.05, 3.63) is 0 Å². The number of hydrogen-bond acceptors (Lipinski definition) is 2. The number of amides is 1. The van der Waals surface area contributed by atoms with Crippen molar-refractivity contribution in [2.75, 3.05) is 13.2 Å². The van der Waals surface area contributed by atoms with Gasteiger partial charge < -0.3 is 10.4 Å². The summed E-state index contributed by atoms with van der Waals surface area (Å²) in [6.07, 6.45) is 6.86. The molecule has 0 atom stereocenters. The van der Waals surface area contributed by atoms with Gasteiger partial charge in [-0.15, -0.1) is 0 Å². The Hall–Kier alpha value is -0.570. The van der Waals surface area contributed by atoms with Crippen molar-refractivity contribution < 1.29 is 9.90 Å². The molecule has 0 unspecified atom stereocenters. The number of aliphatic hydroxyl groups excluding tert-OH is 1. The molecule has 0 radical (unpaired) electrons. The van der Waals surface area contributed by atoms with Gasteiger partial charge in [0, 0.05) is 6.54 Å². The number of hydrogen-bond donors (Lipinski definition) is 2. The van der Waals surface area contributed by atoms with Gasteiger partial charge in [-0.05, 0) is 31.6 Å². The smallest absolute Gasteiger partial charge is 0.228 e. The fourth-order valence-electron chi connectivity index (χ4n) is 2.25. The van der Waals surface area contributed by atoms with Crippen LogP contribution in [0.15, 0.2) is 0 Å². The molecule has 0 aliphatic heterocycles. The molecule has 2 saturated carbocycles. The van der Waals surface area contributed by atoms with Gasteiger partial charge in [-0.1, -0.05) is 12.8 Å². The van der Waals surface area contributed by atoms with Gasteiger partial charge >= 0.3 is 0 Å². The van der Waals surface area contributed by atoms with Crippen LogP contribution in [0.25, 0.3) is 0 Å². The Morgan fingerprint density at radius 3 is 2.50 bits per heavy atom. The van der Waals surface area contributed by atoms with Gasteiger partial charge in [0.05, 0.1) is 12.0 Å². The van der Waals surface area contributed by atoms with Crippen LogP contribution in [0.4, 0.5) is 0 Å². The first-order valence-corrected chi connectivity index (χ1v) is 5.66. The van der Waals surface area contributed by atoms with E-state index < -0.39 is 5.41 Å². The molecular weight excluding hydrogens is 178 g/mol. The minimum atomic E-state index is -0.390. The third kappa shape index (κ3) is 1.92. The topological polar surface area (TPSA) is 49.3 Å². The van der Waals surface area contributed by atoms with Gasteiger partial charge in [-0.3, -0.25) is 4.79 Å². The maximum Gasteiger partial charge on any atom is 0.228 e. The number of carbonyl (C=O) groups is 1. The minimum Gasteiger partial charge on any atom is -0.395 e. The summed E-state index contributed by atoms with van der Waals surface area (Å²) in [5.74, 6) is 0.764. The van der Waals surface area contributed by atoms with Crippen LogP contribution >= 0.6 is 0 Å². The van der Waals surface area contributed by atoms with E-state index in [2.05, 4.69) is 5.32 Å². The summed E-state index contributed by atoms with van der Waals surface area (Å²) in [4.78, 5) is 11.6. The van der Waals surface area contributed by atoms with Crippen LogP contribution in [0.5, 0.6) is 0 Å². The Morgan fingerprint density at radius 1 is 1.36 bits per heavy atom. The second-order valence-electron chi connectivity index (χ2n) is 4.80. The molecule has 3 nitrogen and oxygen atoms in total. The Balaban J connectivity index is 1.72. The van der Waals surface area contributed by atoms with Gasteiger partial charge in [0.15, 0.2) is 0 Å². The molecule has 80 valence electrons. The van der Waals surface area contributed by atoms with Gasteiger partial charge in [-0.2, -0.15) is 0 Å². The van der Waals surface area contributed by atoms with Crippen molar-refractivity contribution >= 4 is 5.91 Å². The van der Waals surface area contributed by atoms with Crippen molar-refractivity contribution in [1.29, 1.82) is 0 Å². The zero-order chi connectivity index (χ0) is 10.0. The second-order valence-corrected chi connectivity index (χ2v) is 4.80. The average molecular weight is 197 g/mol. The normalized spacial score (nSPS) is 24.9. The van der Waals surface area contributed by atoms with Crippen LogP contribution in [0.1, 0.15) is 38.5 Å². The first-order chi connectivity index (χ1) is 6.77. The van der Waals surface area contributed by atoms with E-state index in [9.17, 15) is 4.79 Å². The van der Waals surface area contributed by atoms with Crippen LogP contribution in [-0.4, -0.2) is 24.2 Å². The molecule has 2 aliphatic carbocycles. The predicted octanol–water partition coefficient (Wildman–Crippen LogP) is 1.07. The van der Waals surface area contributed by atoms with E-state index in [-0.39, 0.29) is 12.5 Å². The van der Waals surface area contributed by atoms with Crippen LogP contribution in [-0.2, 0) is 4.79 Å². The number of rotatable bonds is 4. The SMILES string of the molecule is O=C(NCC1CCCC1)C1(CO)CC1. The lowest BCUT2D eigenvalue weighted by atomic mass is 10.1. The van der Waals surface area contributed by atoms with Gasteiger partial charge in [-0.25, -0.2) is 0 Å². The fraction of sp³-hybridized carbons (Fsp3) is 0.909. The Kier molecular flexibility index (Phi) is 2.77. The Morgan fingerprint density at radius 2 is 2.00 bits per heavy atom. The summed E-state index contributed by atoms with van der Waals surface area (Å²) < 4.78 is 0. The molecule has 0 aromatic rings. The minimum absolute atomic E-state index is 0.0174. The lowest BCUT2D eigenvalue weighted by Gasteiger charge is -2.15. The summed E-state index contributed by atoms with van der Waals surface area (Å²) in [6, 6.07) is 0. The standard InChI is InChI=1S/C11H19NO2/c13-8-11(5-6-11)10(14)12-7-9-3-1-2-4-9/h9,13H,1-8H2,(H,12,14). The monoisotopic (exact) mass is 197 g/mol. The Labute approximate surface area is 84.9 Å². The molecule has 0 aromatic heterocycles. The molecule has 2 rings (SSSR count). The van der Waals surface area contributed by atoms with Gasteiger partial charge in [0.2, 0.25) is 5.91 Å². The maximum atomic E-state index is 11.6. The fourth-order valence-corrected chi connectivity index (χ4v) is 2.25. The third-order valence-corrected chi connectivity index (χ3v) is 3.66. The van der Waals surface area contributed by atoms with Crippen molar-refractivity contribution in [2.45, 2.75) is 38.5 Å². The van der Waals surface area contributed by atoms with Crippen LogP contribution in [0.3, 0.4) is 0 Å². The van der Waals surface area contributed by atoms with Crippen molar-refractivity contribution in [2.24, 2.45) is 11.3 Å². The first-order valence-electron chi connectivity index (χ1n) is 5.66. The third-order valence-electron chi connectivity index (χ3n) is 3.66. The molecule has 3 heteroatoms. The van der Waals surface area contributed by atoms with Crippen LogP contribution < -0.4 is 5.32 Å². The molecule has 14 heavy (non-hydrogen) atoms. The molecule has 0 spiro atoms. The largest absolute Gasteiger partial charge is 0.395 e. The maximum absolute atomic E-state index is 11.6. The Bertz CT molecular complexity index is 217. The first kappa shape index (κ1) is 9.97. The number of aliphatic hydroxyl groups is 1. The summed E-state index contributed by atoms with van der Waals surface area (Å²) in [5.41, 5.74) is -0.390. The number of carbonyl (C=O) groups excluding carboxylic acids is 1. The van der Waals surface area contributed by atoms with Gasteiger partial charge in [0.1, 0.15) is 0 Å². The van der Waals surface area contributed by atoms with E-state index in [1.165, 1.54) is 25.7 Å². The highest BCUT2D eigenvalue weighted by atomic mass is 16.3. The zero-order valence-electron chi connectivity index (χ0n) is 8.59. The molecule has 0 saturated heterocycles. The predicted molar refractivity (Wildman–Crippen MR) is 53.7 cm³/mol. The van der Waals surface area contributed by atoms with Crippen LogP contribution in [0.2, 0.25) is 0 Å². The van der Waals surface area contributed by atoms with E-state index in [0.29, 0.717) is 5.92 Å². The highest BCUT2D eigenvalue weighted by Gasteiger charge is 2.49. The molecule has 0 aromatic carbocycles. The molecular formula is C11H19NO2. The molecule has 1 amide bonds. The molecule has 2 aliphatic rings. The van der Waals surface area contributed by atoms with Crippen LogP contribution in [0, 0.1) is 11.3 Å². The molecule has 0 bridgehead atoms. The van der Waals surface area contributed by atoms with Crippen molar-refractivity contribution in [1.82, 2.24) is 5.32 Å². The highest BCUT2D eigenvalue weighted by Crippen LogP contribution is 2.45. The summed E-state index contributed by atoms with van der Waals surface area (Å²) >= 11 is 0. The molecule has 2 fully saturated rings. The quantitative estimate of drug-likeness (QED) is 0.708. The molecule has 2 N–H and O–H groups in total. The van der Waals surface area contributed by atoms with Gasteiger partial charge in [0.25, 0.3) is 0 Å². The van der Waals surface area contributed by atoms with E-state index >= 15 is 0 Å². The zero-order valence-corrected chi connectivity index (χ0v) is 8.59. The van der Waals surface area contributed by atoms with E-state index in [1.807, 2.05) is 0 Å². The average Bonchev–Trinajstić information content (AvgIpc) is 2.84. The number of nitrogens with one attached hydrogen (secondary N) is 1. The van der Waals surface area contributed by atoms with E-state index in [1.54, 1.807) is 0 Å². The highest BCUT2D eigenvalue weighted by molar-refractivity contribution is 5.85. The summed E-state index contributed by atoms with van der Waals surface area (Å²) in [5, 5.41) is 12.0. The summed E-state index contributed by atoms with van der Waals surface area (Å²) in [6.45, 7) is 0.837. The molecule has 0 heterocycles. The lowest BCUT2D eigenvalue weighted by molar-refractivity contribution is -0.127.